The predicted molar refractivity (Wildman–Crippen MR) is 110 cm³/mol. The number of hydrogen-bond donors (Lipinski definition) is 3. The number of halogens is 1. The van der Waals surface area contributed by atoms with Crippen molar-refractivity contribution in [3.63, 3.8) is 0 Å². The maximum atomic E-state index is 14.1. The van der Waals surface area contributed by atoms with E-state index in [1.807, 2.05) is 34.4 Å². The van der Waals surface area contributed by atoms with Gasteiger partial charge in [-0.2, -0.15) is 5.10 Å². The fraction of sp³-hybridized carbons (Fsp3) is 0.286. The largest absolute Gasteiger partial charge is 0.355 e. The smallest absolute Gasteiger partial charge is 0.268 e. The first-order valence-electron chi connectivity index (χ1n) is 9.58. The van der Waals surface area contributed by atoms with Gasteiger partial charge in [-0.1, -0.05) is 38.8 Å². The standard InChI is InChI=1S/C21H25FN6O/c1-3-14(4-2)20(28-13-24-12-25-28)15-5-7-16(8-6-15)26-17-9-10-18(19(22)11-17)21(29)27-23/h5-14,20,26H,3-4,23H2,1-2H3,(H,27,29). The Balaban J connectivity index is 1.80. The Kier molecular flexibility index (Phi) is 6.56. The number of nitrogens with one attached hydrogen (secondary N) is 2. The number of rotatable bonds is 8. The SMILES string of the molecule is CCC(CC)C(c1ccc(Nc2ccc(C(=O)NN)c(F)c2)cc1)n1cncn1. The first-order valence-corrected chi connectivity index (χ1v) is 9.58. The maximum Gasteiger partial charge on any atom is 0.268 e. The Bertz CT molecular complexity index is 938. The van der Waals surface area contributed by atoms with E-state index in [9.17, 15) is 9.18 Å². The number of carbonyl (C=O) groups is 1. The van der Waals surface area contributed by atoms with E-state index in [-0.39, 0.29) is 11.6 Å². The normalized spacial score (nSPS) is 12.0. The van der Waals surface area contributed by atoms with Gasteiger partial charge >= 0.3 is 0 Å². The number of benzene rings is 2. The Hall–Kier alpha value is -3.26. The van der Waals surface area contributed by atoms with Crippen LogP contribution in [0.2, 0.25) is 0 Å². The zero-order chi connectivity index (χ0) is 20.8. The molecule has 0 saturated heterocycles. The van der Waals surface area contributed by atoms with E-state index < -0.39 is 11.7 Å². The Morgan fingerprint density at radius 2 is 1.83 bits per heavy atom. The highest BCUT2D eigenvalue weighted by molar-refractivity contribution is 5.94. The van der Waals surface area contributed by atoms with Crippen LogP contribution in [-0.4, -0.2) is 20.7 Å². The molecule has 0 aliphatic carbocycles. The van der Waals surface area contributed by atoms with Crippen molar-refractivity contribution in [1.29, 1.82) is 0 Å². The van der Waals surface area contributed by atoms with Crippen LogP contribution in [0.25, 0.3) is 0 Å². The third-order valence-corrected chi connectivity index (χ3v) is 5.10. The van der Waals surface area contributed by atoms with E-state index in [0.717, 1.165) is 24.1 Å². The summed E-state index contributed by atoms with van der Waals surface area (Å²) in [7, 11) is 0. The fourth-order valence-electron chi connectivity index (χ4n) is 3.52. The maximum absolute atomic E-state index is 14.1. The Morgan fingerprint density at radius 1 is 1.14 bits per heavy atom. The predicted octanol–water partition coefficient (Wildman–Crippen LogP) is 3.79. The van der Waals surface area contributed by atoms with Gasteiger partial charge in [0.05, 0.1) is 11.6 Å². The second-order valence-electron chi connectivity index (χ2n) is 6.81. The molecule has 1 atom stereocenters. The van der Waals surface area contributed by atoms with E-state index in [1.165, 1.54) is 12.1 Å². The molecule has 0 fully saturated rings. The number of nitrogens with zero attached hydrogens (tertiary/aromatic N) is 3. The molecule has 0 bridgehead atoms. The quantitative estimate of drug-likeness (QED) is 0.306. The van der Waals surface area contributed by atoms with Gasteiger partial charge < -0.3 is 5.32 Å². The minimum absolute atomic E-state index is 0.103. The first kappa shape index (κ1) is 20.5. The van der Waals surface area contributed by atoms with Crippen molar-refractivity contribution in [2.45, 2.75) is 32.7 Å². The second-order valence-corrected chi connectivity index (χ2v) is 6.81. The Labute approximate surface area is 169 Å². The molecule has 0 aliphatic rings. The number of nitrogen functional groups attached to an aromatic ring is 1. The molecule has 0 saturated carbocycles. The zero-order valence-corrected chi connectivity index (χ0v) is 16.5. The molecule has 29 heavy (non-hydrogen) atoms. The third-order valence-electron chi connectivity index (χ3n) is 5.10. The van der Waals surface area contributed by atoms with Crippen molar-refractivity contribution in [2.24, 2.45) is 11.8 Å². The van der Waals surface area contributed by atoms with Crippen LogP contribution in [0.5, 0.6) is 0 Å². The highest BCUT2D eigenvalue weighted by atomic mass is 19.1. The molecule has 0 aliphatic heterocycles. The van der Waals surface area contributed by atoms with Crippen LogP contribution in [-0.2, 0) is 0 Å². The minimum atomic E-state index is -0.668. The highest BCUT2D eigenvalue weighted by Gasteiger charge is 2.23. The van der Waals surface area contributed by atoms with E-state index >= 15 is 0 Å². The van der Waals surface area contributed by atoms with Gasteiger partial charge in [0.2, 0.25) is 0 Å². The monoisotopic (exact) mass is 396 g/mol. The van der Waals surface area contributed by atoms with Gasteiger partial charge in [0.1, 0.15) is 18.5 Å². The summed E-state index contributed by atoms with van der Waals surface area (Å²) in [6.45, 7) is 4.36. The van der Waals surface area contributed by atoms with Crippen molar-refractivity contribution in [3.05, 3.63) is 72.1 Å². The molecule has 0 radical (unpaired) electrons. The van der Waals surface area contributed by atoms with E-state index in [0.29, 0.717) is 11.6 Å². The molecule has 1 unspecified atom stereocenters. The van der Waals surface area contributed by atoms with Crippen LogP contribution >= 0.6 is 0 Å². The van der Waals surface area contributed by atoms with Gasteiger partial charge in [-0.3, -0.25) is 10.2 Å². The van der Waals surface area contributed by atoms with Gasteiger partial charge in [-0.05, 0) is 41.8 Å². The molecule has 3 aromatic rings. The third kappa shape index (κ3) is 4.60. The molecule has 152 valence electrons. The van der Waals surface area contributed by atoms with E-state index in [4.69, 9.17) is 5.84 Å². The Morgan fingerprint density at radius 3 is 2.38 bits per heavy atom. The lowest BCUT2D eigenvalue weighted by Crippen LogP contribution is -2.30. The van der Waals surface area contributed by atoms with Crippen molar-refractivity contribution >= 4 is 17.3 Å². The molecular weight excluding hydrogens is 371 g/mol. The average Bonchev–Trinajstić information content (AvgIpc) is 3.26. The van der Waals surface area contributed by atoms with Gasteiger partial charge in [0.25, 0.3) is 5.91 Å². The van der Waals surface area contributed by atoms with Gasteiger partial charge in [0, 0.05) is 11.4 Å². The number of carbonyl (C=O) groups excluding carboxylic acids is 1. The number of hydrazine groups is 1. The fourth-order valence-corrected chi connectivity index (χ4v) is 3.52. The average molecular weight is 396 g/mol. The van der Waals surface area contributed by atoms with Crippen molar-refractivity contribution in [3.8, 4) is 0 Å². The molecular formula is C21H25FN6O. The van der Waals surface area contributed by atoms with Crippen molar-refractivity contribution in [2.75, 3.05) is 5.32 Å². The van der Waals surface area contributed by atoms with Crippen molar-refractivity contribution in [1.82, 2.24) is 20.2 Å². The van der Waals surface area contributed by atoms with Crippen LogP contribution in [0.3, 0.4) is 0 Å². The summed E-state index contributed by atoms with van der Waals surface area (Å²) in [5.41, 5.74) is 4.31. The van der Waals surface area contributed by atoms with Gasteiger partial charge in [0.15, 0.2) is 0 Å². The first-order chi connectivity index (χ1) is 14.1. The topological polar surface area (TPSA) is 97.9 Å². The van der Waals surface area contributed by atoms with E-state index in [1.54, 1.807) is 18.7 Å². The summed E-state index contributed by atoms with van der Waals surface area (Å²) in [6, 6.07) is 12.4. The highest BCUT2D eigenvalue weighted by Crippen LogP contribution is 2.31. The molecule has 0 spiro atoms. The lowest BCUT2D eigenvalue weighted by atomic mass is 9.89. The summed E-state index contributed by atoms with van der Waals surface area (Å²) in [4.78, 5) is 15.6. The minimum Gasteiger partial charge on any atom is -0.355 e. The molecule has 7 nitrogen and oxygen atoms in total. The summed E-state index contributed by atoms with van der Waals surface area (Å²) < 4.78 is 16.0. The molecule has 1 aromatic heterocycles. The molecule has 3 rings (SSSR count). The van der Waals surface area contributed by atoms with Crippen LogP contribution in [0.4, 0.5) is 15.8 Å². The van der Waals surface area contributed by atoms with Crippen LogP contribution < -0.4 is 16.6 Å². The summed E-state index contributed by atoms with van der Waals surface area (Å²) >= 11 is 0. The van der Waals surface area contributed by atoms with Crippen LogP contribution in [0.15, 0.2) is 55.1 Å². The molecule has 1 amide bonds. The summed E-state index contributed by atoms with van der Waals surface area (Å²) in [5, 5.41) is 7.50. The molecule has 8 heteroatoms. The van der Waals surface area contributed by atoms with E-state index in [2.05, 4.69) is 29.2 Å². The van der Waals surface area contributed by atoms with Gasteiger partial charge in [-0.15, -0.1) is 0 Å². The number of aromatic nitrogens is 3. The van der Waals surface area contributed by atoms with Gasteiger partial charge in [-0.25, -0.2) is 19.9 Å². The second kappa shape index (κ2) is 9.29. The molecule has 2 aromatic carbocycles. The molecule has 1 heterocycles. The molecule has 4 N–H and O–H groups in total. The summed E-state index contributed by atoms with van der Waals surface area (Å²) in [6.07, 6.45) is 5.36. The van der Waals surface area contributed by atoms with Crippen LogP contribution in [0.1, 0.15) is 48.7 Å². The zero-order valence-electron chi connectivity index (χ0n) is 16.5. The van der Waals surface area contributed by atoms with Crippen molar-refractivity contribution < 1.29 is 9.18 Å². The number of amides is 1. The lowest BCUT2D eigenvalue weighted by Gasteiger charge is -2.26. The number of hydrogen-bond acceptors (Lipinski definition) is 5. The van der Waals surface area contributed by atoms with Crippen LogP contribution in [0, 0.1) is 11.7 Å². The number of nitrogens with two attached hydrogens (primary N) is 1. The lowest BCUT2D eigenvalue weighted by molar-refractivity contribution is 0.0949. The number of anilines is 2. The summed E-state index contributed by atoms with van der Waals surface area (Å²) in [5.74, 6) is 4.18.